The maximum Gasteiger partial charge on any atom is 0.418 e. The minimum Gasteiger partial charge on any atom is -0.263 e. The average Bonchev–Trinajstić information content (AvgIpc) is 2.72. The molecule has 0 bridgehead atoms. The molecule has 2 aromatic carbocycles. The molecular formula is C22H15F3N2O2S. The number of rotatable bonds is 3. The Kier molecular flexibility index (Phi) is 4.82. The number of hydrogen-bond acceptors (Lipinski definition) is 4. The van der Waals surface area contributed by atoms with Crippen molar-refractivity contribution in [2.45, 2.75) is 11.1 Å². The maximum atomic E-state index is 13.4. The van der Waals surface area contributed by atoms with Gasteiger partial charge in [0, 0.05) is 35.8 Å². The Balaban J connectivity index is 1.88. The first-order chi connectivity index (χ1) is 14.1. The zero-order chi connectivity index (χ0) is 21.5. The monoisotopic (exact) mass is 428 g/mol. The van der Waals surface area contributed by atoms with Gasteiger partial charge in [-0.05, 0) is 41.0 Å². The van der Waals surface area contributed by atoms with Gasteiger partial charge in [-0.3, -0.25) is 9.97 Å². The molecule has 0 atom stereocenters. The van der Waals surface area contributed by atoms with Crippen LogP contribution in [-0.4, -0.2) is 24.6 Å². The van der Waals surface area contributed by atoms with Crippen LogP contribution in [0.4, 0.5) is 13.2 Å². The topological polar surface area (TPSA) is 59.9 Å². The Bertz CT molecular complexity index is 1370. The number of sulfone groups is 1. The molecule has 0 saturated heterocycles. The van der Waals surface area contributed by atoms with Gasteiger partial charge in [-0.15, -0.1) is 0 Å². The van der Waals surface area contributed by atoms with Crippen molar-refractivity contribution in [3.8, 4) is 22.3 Å². The van der Waals surface area contributed by atoms with Crippen molar-refractivity contribution >= 4 is 20.7 Å². The molecule has 4 nitrogen and oxygen atoms in total. The molecule has 0 spiro atoms. The number of para-hydroxylation sites is 1. The fourth-order valence-corrected chi connectivity index (χ4v) is 3.90. The van der Waals surface area contributed by atoms with E-state index in [1.165, 1.54) is 24.5 Å². The van der Waals surface area contributed by atoms with Crippen LogP contribution in [0.15, 0.2) is 78.1 Å². The van der Waals surface area contributed by atoms with E-state index < -0.39 is 21.6 Å². The number of alkyl halides is 3. The first-order valence-corrected chi connectivity index (χ1v) is 10.7. The third kappa shape index (κ3) is 3.78. The quantitative estimate of drug-likeness (QED) is 0.439. The molecular weight excluding hydrogens is 413 g/mol. The van der Waals surface area contributed by atoms with Gasteiger partial charge in [0.2, 0.25) is 0 Å². The van der Waals surface area contributed by atoms with E-state index in [-0.39, 0.29) is 10.4 Å². The molecule has 0 saturated carbocycles. The van der Waals surface area contributed by atoms with Crippen LogP contribution in [0.1, 0.15) is 5.56 Å². The van der Waals surface area contributed by atoms with E-state index in [0.717, 1.165) is 12.3 Å². The molecule has 0 aliphatic rings. The molecule has 0 amide bonds. The molecule has 0 fully saturated rings. The SMILES string of the molecule is CS(=O)(=O)c1cncc(-c2cccc(-c3ccnc4c(C(F)(F)F)cccc34)c2)c1. The van der Waals surface area contributed by atoms with Gasteiger partial charge in [0.05, 0.1) is 16.0 Å². The summed E-state index contributed by atoms with van der Waals surface area (Å²) in [6.07, 6.45) is 0.764. The molecule has 0 aliphatic heterocycles. The van der Waals surface area contributed by atoms with Gasteiger partial charge >= 0.3 is 6.18 Å². The maximum absolute atomic E-state index is 13.4. The van der Waals surface area contributed by atoms with Crippen LogP contribution >= 0.6 is 0 Å². The van der Waals surface area contributed by atoms with Crippen LogP contribution in [-0.2, 0) is 16.0 Å². The second-order valence-corrected chi connectivity index (χ2v) is 8.84. The summed E-state index contributed by atoms with van der Waals surface area (Å²) in [5.74, 6) is 0. The van der Waals surface area contributed by atoms with E-state index in [4.69, 9.17) is 0 Å². The second kappa shape index (κ2) is 7.21. The molecule has 8 heteroatoms. The highest BCUT2D eigenvalue weighted by atomic mass is 32.2. The summed E-state index contributed by atoms with van der Waals surface area (Å²) in [6.45, 7) is 0. The molecule has 30 heavy (non-hydrogen) atoms. The molecule has 0 N–H and O–H groups in total. The highest BCUT2D eigenvalue weighted by Gasteiger charge is 2.33. The summed E-state index contributed by atoms with van der Waals surface area (Å²) in [4.78, 5) is 8.05. The van der Waals surface area contributed by atoms with Crippen LogP contribution in [0.3, 0.4) is 0 Å². The largest absolute Gasteiger partial charge is 0.418 e. The van der Waals surface area contributed by atoms with Crippen LogP contribution in [0.2, 0.25) is 0 Å². The number of nitrogens with zero attached hydrogens (tertiary/aromatic N) is 2. The van der Waals surface area contributed by atoms with Crippen molar-refractivity contribution < 1.29 is 21.6 Å². The van der Waals surface area contributed by atoms with Gasteiger partial charge in [0.15, 0.2) is 9.84 Å². The minimum absolute atomic E-state index is 0.0922. The van der Waals surface area contributed by atoms with E-state index in [0.29, 0.717) is 27.6 Å². The first kappa shape index (κ1) is 20.0. The number of pyridine rings is 2. The zero-order valence-electron chi connectivity index (χ0n) is 15.7. The minimum atomic E-state index is -4.51. The number of fused-ring (bicyclic) bond motifs is 1. The number of aromatic nitrogens is 2. The number of hydrogen-bond donors (Lipinski definition) is 0. The summed E-state index contributed by atoms with van der Waals surface area (Å²) in [7, 11) is -3.42. The van der Waals surface area contributed by atoms with Crippen molar-refractivity contribution in [1.29, 1.82) is 0 Å². The van der Waals surface area contributed by atoms with Crippen LogP contribution in [0, 0.1) is 0 Å². The molecule has 0 unspecified atom stereocenters. The van der Waals surface area contributed by atoms with Crippen LogP contribution in [0.5, 0.6) is 0 Å². The van der Waals surface area contributed by atoms with E-state index in [2.05, 4.69) is 9.97 Å². The first-order valence-electron chi connectivity index (χ1n) is 8.85. The summed E-state index contributed by atoms with van der Waals surface area (Å²) in [5.41, 5.74) is 1.66. The Morgan fingerprint density at radius 3 is 2.33 bits per heavy atom. The average molecular weight is 428 g/mol. The summed E-state index contributed by atoms with van der Waals surface area (Å²) in [6, 6.07) is 14.3. The lowest BCUT2D eigenvalue weighted by Crippen LogP contribution is -2.06. The molecule has 0 radical (unpaired) electrons. The fraction of sp³-hybridized carbons (Fsp3) is 0.0909. The molecule has 0 aliphatic carbocycles. The Morgan fingerprint density at radius 1 is 0.867 bits per heavy atom. The molecule has 4 aromatic rings. The summed E-state index contributed by atoms with van der Waals surface area (Å²) in [5, 5.41) is 0.382. The van der Waals surface area contributed by atoms with E-state index in [9.17, 15) is 21.6 Å². The van der Waals surface area contributed by atoms with Gasteiger partial charge in [0.1, 0.15) is 0 Å². The lowest BCUT2D eigenvalue weighted by Gasteiger charge is -2.13. The predicted molar refractivity (Wildman–Crippen MR) is 109 cm³/mol. The lowest BCUT2D eigenvalue weighted by atomic mass is 9.96. The number of halogens is 3. The Morgan fingerprint density at radius 2 is 1.60 bits per heavy atom. The van der Waals surface area contributed by atoms with Crippen LogP contribution < -0.4 is 0 Å². The Labute approximate surface area is 171 Å². The molecule has 2 heterocycles. The van der Waals surface area contributed by atoms with Gasteiger partial charge in [-0.25, -0.2) is 8.42 Å². The van der Waals surface area contributed by atoms with Gasteiger partial charge in [-0.2, -0.15) is 13.2 Å². The highest BCUT2D eigenvalue weighted by Crippen LogP contribution is 2.37. The van der Waals surface area contributed by atoms with Gasteiger partial charge < -0.3 is 0 Å². The summed E-state index contributed by atoms with van der Waals surface area (Å²) >= 11 is 0. The van der Waals surface area contributed by atoms with E-state index in [1.807, 2.05) is 0 Å². The fourth-order valence-electron chi connectivity index (χ4n) is 3.30. The van der Waals surface area contributed by atoms with Gasteiger partial charge in [-0.1, -0.05) is 30.3 Å². The third-order valence-corrected chi connectivity index (χ3v) is 5.80. The smallest absolute Gasteiger partial charge is 0.263 e. The van der Waals surface area contributed by atoms with Crippen molar-refractivity contribution in [3.05, 3.63) is 78.8 Å². The second-order valence-electron chi connectivity index (χ2n) is 6.82. The highest BCUT2D eigenvalue weighted by molar-refractivity contribution is 7.90. The standard InChI is InChI=1S/C22H15F3N2O2S/c1-30(28,29)17-11-16(12-26-13-17)14-4-2-5-15(10-14)18-8-9-27-21-19(18)6-3-7-20(21)22(23,24)25/h2-13H,1H3. The summed E-state index contributed by atoms with van der Waals surface area (Å²) < 4.78 is 63.8. The normalized spacial score (nSPS) is 12.3. The van der Waals surface area contributed by atoms with Crippen molar-refractivity contribution in [3.63, 3.8) is 0 Å². The van der Waals surface area contributed by atoms with Gasteiger partial charge in [0.25, 0.3) is 0 Å². The van der Waals surface area contributed by atoms with E-state index >= 15 is 0 Å². The molecule has 152 valence electrons. The zero-order valence-corrected chi connectivity index (χ0v) is 16.5. The Hall–Kier alpha value is -3.26. The number of benzene rings is 2. The van der Waals surface area contributed by atoms with Crippen molar-refractivity contribution in [2.24, 2.45) is 0 Å². The third-order valence-electron chi connectivity index (χ3n) is 4.72. The predicted octanol–water partition coefficient (Wildman–Crippen LogP) is 5.39. The van der Waals surface area contributed by atoms with Crippen molar-refractivity contribution in [2.75, 3.05) is 6.26 Å². The molecule has 2 aromatic heterocycles. The molecule has 4 rings (SSSR count). The van der Waals surface area contributed by atoms with E-state index in [1.54, 1.807) is 42.6 Å². The van der Waals surface area contributed by atoms with Crippen molar-refractivity contribution in [1.82, 2.24) is 9.97 Å². The lowest BCUT2D eigenvalue weighted by molar-refractivity contribution is -0.136. The van der Waals surface area contributed by atoms with Crippen LogP contribution in [0.25, 0.3) is 33.2 Å².